The van der Waals surface area contributed by atoms with Gasteiger partial charge < -0.3 is 4.42 Å². The molecule has 2 rings (SSSR count). The van der Waals surface area contributed by atoms with Crippen molar-refractivity contribution in [2.45, 2.75) is 38.1 Å². The highest BCUT2D eigenvalue weighted by atomic mass is 79.9. The number of hydrazine groups is 1. The third kappa shape index (κ3) is 3.72. The zero-order chi connectivity index (χ0) is 14.4. The summed E-state index contributed by atoms with van der Waals surface area (Å²) in [5, 5.41) is 1.10. The summed E-state index contributed by atoms with van der Waals surface area (Å²) >= 11 is 3.51. The minimum absolute atomic E-state index is 0.0676. The number of nitrogens with one attached hydrogen (secondary N) is 1. The smallest absolute Gasteiger partial charge is 0.148 e. The Morgan fingerprint density at radius 2 is 2.20 bits per heavy atom. The maximum atomic E-state index is 5.92. The van der Waals surface area contributed by atoms with E-state index in [4.69, 9.17) is 10.3 Å². The van der Waals surface area contributed by atoms with Gasteiger partial charge in [-0.15, -0.1) is 6.58 Å². The normalized spacial score (nSPS) is 12.7. The van der Waals surface area contributed by atoms with Gasteiger partial charge in [0.05, 0.1) is 10.5 Å². The molecule has 3 nitrogen and oxygen atoms in total. The number of unbranched alkanes of at least 4 members (excludes halogenated alkanes) is 3. The largest absolute Gasteiger partial charge is 0.458 e. The van der Waals surface area contributed by atoms with Crippen molar-refractivity contribution in [2.75, 3.05) is 0 Å². The van der Waals surface area contributed by atoms with E-state index in [2.05, 4.69) is 34.0 Å². The van der Waals surface area contributed by atoms with Gasteiger partial charge in [0.1, 0.15) is 11.3 Å². The maximum absolute atomic E-state index is 5.92. The number of rotatable bonds is 8. The summed E-state index contributed by atoms with van der Waals surface area (Å²) in [6.45, 7) is 3.74. The van der Waals surface area contributed by atoms with E-state index in [9.17, 15) is 0 Å². The summed E-state index contributed by atoms with van der Waals surface area (Å²) in [6, 6.07) is 8.17. The van der Waals surface area contributed by atoms with Crippen LogP contribution in [-0.4, -0.2) is 0 Å². The minimum atomic E-state index is 0.0676. The van der Waals surface area contributed by atoms with Crippen LogP contribution in [-0.2, 0) is 0 Å². The van der Waals surface area contributed by atoms with Gasteiger partial charge in [0.25, 0.3) is 0 Å². The number of hydrogen-bond donors (Lipinski definition) is 2. The number of hydrogen-bond acceptors (Lipinski definition) is 3. The molecule has 0 spiro atoms. The number of nitrogens with two attached hydrogens (primary N) is 1. The third-order valence-corrected chi connectivity index (χ3v) is 4.09. The highest BCUT2D eigenvalue weighted by Gasteiger charge is 2.15. The van der Waals surface area contributed by atoms with E-state index >= 15 is 0 Å². The Kier molecular flexibility index (Phi) is 5.83. The van der Waals surface area contributed by atoms with Crippen LogP contribution in [0.4, 0.5) is 0 Å². The molecule has 20 heavy (non-hydrogen) atoms. The van der Waals surface area contributed by atoms with Crippen LogP contribution in [0.15, 0.2) is 45.8 Å². The molecule has 0 aliphatic carbocycles. The van der Waals surface area contributed by atoms with Crippen LogP contribution in [0.5, 0.6) is 0 Å². The third-order valence-electron chi connectivity index (χ3n) is 3.46. The van der Waals surface area contributed by atoms with Crippen LogP contribution in [0.2, 0.25) is 0 Å². The second kappa shape index (κ2) is 7.62. The Morgan fingerprint density at radius 1 is 1.35 bits per heavy atom. The van der Waals surface area contributed by atoms with Crippen molar-refractivity contribution in [3.8, 4) is 0 Å². The van der Waals surface area contributed by atoms with Gasteiger partial charge in [0.15, 0.2) is 0 Å². The van der Waals surface area contributed by atoms with E-state index in [0.717, 1.165) is 40.5 Å². The van der Waals surface area contributed by atoms with Crippen molar-refractivity contribution in [3.05, 3.63) is 47.2 Å². The van der Waals surface area contributed by atoms with Gasteiger partial charge >= 0.3 is 0 Å². The van der Waals surface area contributed by atoms with E-state index in [1.54, 1.807) is 0 Å². The molecule has 0 amide bonds. The summed E-state index contributed by atoms with van der Waals surface area (Å²) in [5.41, 5.74) is 3.74. The Labute approximate surface area is 128 Å². The van der Waals surface area contributed by atoms with Gasteiger partial charge in [-0.1, -0.05) is 31.1 Å². The first-order chi connectivity index (χ1) is 9.76. The second-order valence-corrected chi connectivity index (χ2v) is 5.81. The topological polar surface area (TPSA) is 51.2 Å². The highest BCUT2D eigenvalue weighted by molar-refractivity contribution is 9.10. The molecule has 1 atom stereocenters. The molecule has 3 N–H and O–H groups in total. The summed E-state index contributed by atoms with van der Waals surface area (Å²) < 4.78 is 6.90. The van der Waals surface area contributed by atoms with Crippen molar-refractivity contribution in [2.24, 2.45) is 5.84 Å². The van der Waals surface area contributed by atoms with Crippen LogP contribution in [0.1, 0.15) is 43.9 Å². The SMILES string of the molecule is C=CCCCCCC(NN)c1cc2cccc(Br)c2o1. The fraction of sp³-hybridized carbons (Fsp3) is 0.375. The molecule has 1 unspecified atom stereocenters. The Bertz CT molecular complexity index is 565. The lowest BCUT2D eigenvalue weighted by molar-refractivity contribution is 0.403. The summed E-state index contributed by atoms with van der Waals surface area (Å²) in [7, 11) is 0. The zero-order valence-electron chi connectivity index (χ0n) is 11.6. The Hall–Kier alpha value is -1.10. The number of fused-ring (bicyclic) bond motifs is 1. The molecule has 1 aromatic carbocycles. The fourth-order valence-corrected chi connectivity index (χ4v) is 2.80. The molecule has 0 bridgehead atoms. The average Bonchev–Trinajstić information content (AvgIpc) is 2.88. The van der Waals surface area contributed by atoms with Crippen molar-refractivity contribution in [1.29, 1.82) is 0 Å². The molecule has 1 aromatic heterocycles. The van der Waals surface area contributed by atoms with Crippen LogP contribution in [0.25, 0.3) is 11.0 Å². The quantitative estimate of drug-likeness (QED) is 0.314. The fourth-order valence-electron chi connectivity index (χ4n) is 2.34. The lowest BCUT2D eigenvalue weighted by atomic mass is 10.1. The van der Waals surface area contributed by atoms with Crippen LogP contribution >= 0.6 is 15.9 Å². The molecule has 0 saturated heterocycles. The molecular formula is C16H21BrN2O. The molecule has 108 valence electrons. The van der Waals surface area contributed by atoms with Gasteiger partial charge in [-0.25, -0.2) is 5.43 Å². The number of benzene rings is 1. The first-order valence-corrected chi connectivity index (χ1v) is 7.80. The second-order valence-electron chi connectivity index (χ2n) is 4.95. The predicted molar refractivity (Wildman–Crippen MR) is 87.3 cm³/mol. The first-order valence-electron chi connectivity index (χ1n) is 7.01. The number of furan rings is 1. The number of para-hydroxylation sites is 1. The zero-order valence-corrected chi connectivity index (χ0v) is 13.2. The minimum Gasteiger partial charge on any atom is -0.458 e. The monoisotopic (exact) mass is 336 g/mol. The lowest BCUT2D eigenvalue weighted by Gasteiger charge is -2.12. The van der Waals surface area contributed by atoms with Crippen LogP contribution in [0.3, 0.4) is 0 Å². The number of allylic oxidation sites excluding steroid dienone is 1. The average molecular weight is 337 g/mol. The molecule has 0 aliphatic rings. The first kappa shape index (κ1) is 15.3. The van der Waals surface area contributed by atoms with E-state index in [1.165, 1.54) is 12.8 Å². The molecule has 1 heterocycles. The molecule has 0 radical (unpaired) electrons. The molecular weight excluding hydrogens is 316 g/mol. The van der Waals surface area contributed by atoms with Crippen molar-refractivity contribution < 1.29 is 4.42 Å². The van der Waals surface area contributed by atoms with Gasteiger partial charge in [-0.2, -0.15) is 0 Å². The van der Waals surface area contributed by atoms with E-state index in [-0.39, 0.29) is 6.04 Å². The lowest BCUT2D eigenvalue weighted by Crippen LogP contribution is -2.27. The highest BCUT2D eigenvalue weighted by Crippen LogP contribution is 2.31. The van der Waals surface area contributed by atoms with Crippen molar-refractivity contribution >= 4 is 26.9 Å². The maximum Gasteiger partial charge on any atom is 0.148 e. The summed E-state index contributed by atoms with van der Waals surface area (Å²) in [4.78, 5) is 0. The van der Waals surface area contributed by atoms with E-state index in [1.807, 2.05) is 24.3 Å². The molecule has 0 aliphatic heterocycles. The standard InChI is InChI=1S/C16H21BrN2O/c1-2-3-4-5-6-10-14(19-18)15-11-12-8-7-9-13(17)16(12)20-15/h2,7-9,11,14,19H,1,3-6,10,18H2. The van der Waals surface area contributed by atoms with Gasteiger partial charge in [-0.3, -0.25) is 5.84 Å². The van der Waals surface area contributed by atoms with Crippen molar-refractivity contribution in [3.63, 3.8) is 0 Å². The van der Waals surface area contributed by atoms with E-state index < -0.39 is 0 Å². The molecule has 0 saturated carbocycles. The van der Waals surface area contributed by atoms with Crippen LogP contribution in [0, 0.1) is 0 Å². The van der Waals surface area contributed by atoms with Crippen LogP contribution < -0.4 is 11.3 Å². The molecule has 4 heteroatoms. The Morgan fingerprint density at radius 3 is 2.90 bits per heavy atom. The van der Waals surface area contributed by atoms with Gasteiger partial charge in [0, 0.05) is 5.39 Å². The van der Waals surface area contributed by atoms with E-state index in [0.29, 0.717) is 0 Å². The number of halogens is 1. The molecule has 0 fully saturated rings. The van der Waals surface area contributed by atoms with Gasteiger partial charge in [0.2, 0.25) is 0 Å². The predicted octanol–water partition coefficient (Wildman–Crippen LogP) is 4.84. The molecule has 2 aromatic rings. The van der Waals surface area contributed by atoms with Crippen molar-refractivity contribution in [1.82, 2.24) is 5.43 Å². The van der Waals surface area contributed by atoms with Gasteiger partial charge in [-0.05, 0) is 47.3 Å². The summed E-state index contributed by atoms with van der Waals surface area (Å²) in [5.74, 6) is 6.57. The Balaban J connectivity index is 2.02. The summed E-state index contributed by atoms with van der Waals surface area (Å²) in [6.07, 6.45) is 7.53.